The lowest BCUT2D eigenvalue weighted by Crippen LogP contribution is -1.96. The Morgan fingerprint density at radius 3 is 1.70 bits per heavy atom. The third-order valence-electron chi connectivity index (χ3n) is 12.5. The molecule has 0 bridgehead atoms. The molecule has 9 aromatic carbocycles. The van der Waals surface area contributed by atoms with Crippen LogP contribution in [0.5, 0.6) is 0 Å². The van der Waals surface area contributed by atoms with E-state index in [4.69, 9.17) is 9.97 Å². The van der Waals surface area contributed by atoms with Crippen molar-refractivity contribution >= 4 is 53.2 Å². The first-order valence-corrected chi connectivity index (χ1v) is 22.5. The van der Waals surface area contributed by atoms with Gasteiger partial charge in [0.05, 0.1) is 22.6 Å². The van der Waals surface area contributed by atoms with E-state index in [1.165, 1.54) is 47.8 Å². The Kier molecular flexibility index (Phi) is 9.18. The van der Waals surface area contributed by atoms with Crippen LogP contribution in [0, 0.1) is 19.1 Å². The topological polar surface area (TPSA) is 25.8 Å². The van der Waals surface area contributed by atoms with E-state index in [9.17, 15) is 0 Å². The van der Waals surface area contributed by atoms with Gasteiger partial charge in [-0.2, -0.15) is 0 Å². The molecule has 2 nitrogen and oxygen atoms in total. The van der Waals surface area contributed by atoms with Crippen LogP contribution in [-0.2, 0) is 0 Å². The molecule has 298 valence electrons. The number of benzene rings is 8. The SMILES string of the molecule is Cc1c(-c2cccc(-c3cccc(-c4nc5ccc6c#cccc6c5c5sc6ccccc6c45)c3)c2)cc(-c2ccc(-c3ccccc3)cc2)nc1-c1ccc(-c2ccccc2)cc1. The van der Waals surface area contributed by atoms with Gasteiger partial charge < -0.3 is 0 Å². The number of hydrogen-bond donors (Lipinski definition) is 0. The van der Waals surface area contributed by atoms with Gasteiger partial charge in [-0.25, -0.2) is 9.97 Å². The zero-order chi connectivity index (χ0) is 42.6. The highest BCUT2D eigenvalue weighted by molar-refractivity contribution is 7.27. The molecular formula is C61H38N2S. The van der Waals surface area contributed by atoms with Crippen molar-refractivity contribution < 1.29 is 0 Å². The fourth-order valence-electron chi connectivity index (χ4n) is 9.27. The summed E-state index contributed by atoms with van der Waals surface area (Å²) in [5.74, 6) is 0. The van der Waals surface area contributed by atoms with Gasteiger partial charge >= 0.3 is 0 Å². The molecule has 3 heteroatoms. The molecule has 0 N–H and O–H groups in total. The van der Waals surface area contributed by atoms with Gasteiger partial charge in [0.25, 0.3) is 0 Å². The molecule has 0 aliphatic heterocycles. The summed E-state index contributed by atoms with van der Waals surface area (Å²) >= 11 is 1.85. The summed E-state index contributed by atoms with van der Waals surface area (Å²) in [7, 11) is 0. The van der Waals surface area contributed by atoms with Gasteiger partial charge in [0.15, 0.2) is 0 Å². The average molecular weight is 831 g/mol. The molecule has 64 heavy (non-hydrogen) atoms. The number of nitrogens with zero attached hydrogens (tertiary/aromatic N) is 2. The second kappa shape index (κ2) is 15.6. The average Bonchev–Trinajstić information content (AvgIpc) is 3.77. The predicted molar refractivity (Wildman–Crippen MR) is 270 cm³/mol. The van der Waals surface area contributed by atoms with Crippen LogP contribution in [0.15, 0.2) is 212 Å². The van der Waals surface area contributed by atoms with E-state index in [-0.39, 0.29) is 0 Å². The molecule has 12 rings (SSSR count). The Morgan fingerprint density at radius 1 is 0.406 bits per heavy atom. The normalized spacial score (nSPS) is 11.4. The zero-order valence-corrected chi connectivity index (χ0v) is 35.8. The summed E-state index contributed by atoms with van der Waals surface area (Å²) in [5.41, 5.74) is 17.6. The molecule has 0 aliphatic rings. The van der Waals surface area contributed by atoms with Crippen LogP contribution in [0.2, 0.25) is 0 Å². The molecule has 0 atom stereocenters. The van der Waals surface area contributed by atoms with Gasteiger partial charge in [0, 0.05) is 53.0 Å². The molecule has 0 radical (unpaired) electrons. The standard InChI is InChI=1S/C61H38N2S/c1-39-53(38-55(45-30-26-42(27-31-45)40-14-4-2-5-15-40)63-59(39)46-32-28-43(29-33-46)41-16-6-3-7-17-41)49-21-12-19-47(36-49)48-20-13-22-50(37-48)60-58-52-24-10-11-25-56(52)64-61(58)57-51-23-9-8-18-44(51)34-35-54(57)62-60/h2-7,9-17,19-38H,1H3. The lowest BCUT2D eigenvalue weighted by Gasteiger charge is -2.16. The minimum Gasteiger partial charge on any atom is -0.247 e. The predicted octanol–water partition coefficient (Wildman–Crippen LogP) is 16.7. The first-order chi connectivity index (χ1) is 31.6. The van der Waals surface area contributed by atoms with Gasteiger partial charge in [-0.15, -0.1) is 11.3 Å². The van der Waals surface area contributed by atoms with E-state index >= 15 is 0 Å². The Bertz CT molecular complexity index is 3700. The smallest absolute Gasteiger partial charge is 0.0803 e. The molecular weight excluding hydrogens is 793 g/mol. The fourth-order valence-corrected chi connectivity index (χ4v) is 10.5. The van der Waals surface area contributed by atoms with Gasteiger partial charge in [-0.05, 0) is 106 Å². The number of pyridine rings is 2. The summed E-state index contributed by atoms with van der Waals surface area (Å²) in [5, 5.41) is 5.81. The van der Waals surface area contributed by atoms with Gasteiger partial charge in [0.2, 0.25) is 0 Å². The first-order valence-electron chi connectivity index (χ1n) is 21.6. The van der Waals surface area contributed by atoms with Crippen molar-refractivity contribution in [3.05, 3.63) is 230 Å². The molecule has 0 saturated carbocycles. The van der Waals surface area contributed by atoms with Crippen LogP contribution in [0.3, 0.4) is 0 Å². The van der Waals surface area contributed by atoms with Crippen LogP contribution in [0.1, 0.15) is 5.56 Å². The van der Waals surface area contributed by atoms with Crippen molar-refractivity contribution in [3.8, 4) is 78.3 Å². The van der Waals surface area contributed by atoms with Crippen molar-refractivity contribution in [2.24, 2.45) is 0 Å². The maximum absolute atomic E-state index is 5.46. The van der Waals surface area contributed by atoms with Crippen molar-refractivity contribution in [2.45, 2.75) is 6.92 Å². The minimum absolute atomic E-state index is 0.938. The van der Waals surface area contributed by atoms with Crippen LogP contribution < -0.4 is 0 Å². The van der Waals surface area contributed by atoms with E-state index in [1.54, 1.807) is 0 Å². The minimum atomic E-state index is 0.938. The molecule has 0 aliphatic carbocycles. The Labute approximate surface area is 376 Å². The summed E-state index contributed by atoms with van der Waals surface area (Å²) in [4.78, 5) is 10.9. The van der Waals surface area contributed by atoms with E-state index in [2.05, 4.69) is 225 Å². The molecule has 3 heterocycles. The second-order valence-corrected chi connectivity index (χ2v) is 17.4. The number of rotatable bonds is 7. The van der Waals surface area contributed by atoms with Crippen molar-refractivity contribution in [2.75, 3.05) is 0 Å². The highest BCUT2D eigenvalue weighted by Gasteiger charge is 2.19. The van der Waals surface area contributed by atoms with Crippen LogP contribution in [-0.4, -0.2) is 9.97 Å². The van der Waals surface area contributed by atoms with E-state index in [0.29, 0.717) is 0 Å². The Balaban J connectivity index is 0.983. The van der Waals surface area contributed by atoms with Crippen molar-refractivity contribution in [3.63, 3.8) is 0 Å². The maximum Gasteiger partial charge on any atom is 0.0803 e. The lowest BCUT2D eigenvalue weighted by atomic mass is 9.91. The maximum atomic E-state index is 5.46. The summed E-state index contributed by atoms with van der Waals surface area (Å²) in [6.45, 7) is 2.21. The van der Waals surface area contributed by atoms with Gasteiger partial charge in [0.1, 0.15) is 0 Å². The Hall–Kier alpha value is -8.16. The molecule has 0 fully saturated rings. The second-order valence-electron chi connectivity index (χ2n) is 16.4. The van der Waals surface area contributed by atoms with E-state index in [1.807, 2.05) is 17.4 Å². The van der Waals surface area contributed by atoms with Gasteiger partial charge in [-0.3, -0.25) is 0 Å². The van der Waals surface area contributed by atoms with Gasteiger partial charge in [-0.1, -0.05) is 176 Å². The summed E-state index contributed by atoms with van der Waals surface area (Å²) < 4.78 is 2.51. The fraction of sp³-hybridized carbons (Fsp3) is 0.0164. The summed E-state index contributed by atoms with van der Waals surface area (Å²) in [6, 6.07) is 82.3. The molecule has 12 aromatic rings. The lowest BCUT2D eigenvalue weighted by molar-refractivity contribution is 1.27. The number of aromatic nitrogens is 2. The van der Waals surface area contributed by atoms with Crippen LogP contribution >= 0.6 is 11.3 Å². The Morgan fingerprint density at radius 2 is 0.984 bits per heavy atom. The molecule has 0 unspecified atom stereocenters. The number of hydrogen-bond acceptors (Lipinski definition) is 3. The van der Waals surface area contributed by atoms with Crippen LogP contribution in [0.4, 0.5) is 0 Å². The summed E-state index contributed by atoms with van der Waals surface area (Å²) in [6.07, 6.45) is 0. The van der Waals surface area contributed by atoms with E-state index < -0.39 is 0 Å². The monoisotopic (exact) mass is 830 g/mol. The highest BCUT2D eigenvalue weighted by Crippen LogP contribution is 2.45. The van der Waals surface area contributed by atoms with E-state index in [0.717, 1.165) is 77.9 Å². The molecule has 0 saturated heterocycles. The third kappa shape index (κ3) is 6.61. The largest absolute Gasteiger partial charge is 0.247 e. The third-order valence-corrected chi connectivity index (χ3v) is 13.7. The zero-order valence-electron chi connectivity index (χ0n) is 35.0. The molecule has 3 aromatic heterocycles. The first kappa shape index (κ1) is 37.6. The number of thiophene rings is 1. The highest BCUT2D eigenvalue weighted by atomic mass is 32.1. The van der Waals surface area contributed by atoms with Crippen LogP contribution in [0.25, 0.3) is 120 Å². The number of fused-ring (bicyclic) bond motifs is 7. The van der Waals surface area contributed by atoms with Crippen molar-refractivity contribution in [1.82, 2.24) is 9.97 Å². The quantitative estimate of drug-likeness (QED) is 0.160. The molecule has 0 spiro atoms. The molecule has 0 amide bonds. The van der Waals surface area contributed by atoms with Crippen molar-refractivity contribution in [1.29, 1.82) is 0 Å².